The molecule has 17 heavy (non-hydrogen) atoms. The number of carbonyl (C=O) groups excluding carboxylic acids is 1. The number of thioether (sulfide) groups is 1. The zero-order valence-corrected chi connectivity index (χ0v) is 11.0. The minimum atomic E-state index is -0.276. The molecule has 1 rings (SSSR count). The van der Waals surface area contributed by atoms with Crippen LogP contribution in [0.4, 0.5) is 0 Å². The Balaban J connectivity index is 2.85. The Morgan fingerprint density at radius 1 is 1.41 bits per heavy atom. The van der Waals surface area contributed by atoms with Crippen LogP contribution >= 0.6 is 11.8 Å². The van der Waals surface area contributed by atoms with Crippen LogP contribution < -0.4 is 0 Å². The van der Waals surface area contributed by atoms with Crippen molar-refractivity contribution >= 4 is 17.7 Å². The van der Waals surface area contributed by atoms with E-state index in [1.807, 2.05) is 13.2 Å². The van der Waals surface area contributed by atoms with Crippen LogP contribution in [-0.4, -0.2) is 46.1 Å². The van der Waals surface area contributed by atoms with E-state index in [-0.39, 0.29) is 23.4 Å². The summed E-state index contributed by atoms with van der Waals surface area (Å²) in [6.07, 6.45) is 1.99. The molecule has 0 heterocycles. The lowest BCUT2D eigenvalue weighted by molar-refractivity contribution is 0.0757. The van der Waals surface area contributed by atoms with E-state index in [1.165, 1.54) is 18.2 Å². The van der Waals surface area contributed by atoms with Crippen molar-refractivity contribution in [2.45, 2.75) is 13.0 Å². The van der Waals surface area contributed by atoms with Gasteiger partial charge in [0.25, 0.3) is 5.91 Å². The highest BCUT2D eigenvalue weighted by molar-refractivity contribution is 7.98. The van der Waals surface area contributed by atoms with Gasteiger partial charge in [-0.3, -0.25) is 4.79 Å². The number of phenolic OH excluding ortho intramolecular Hbond substituents is 2. The van der Waals surface area contributed by atoms with Crippen LogP contribution in [-0.2, 0) is 0 Å². The highest BCUT2D eigenvalue weighted by Gasteiger charge is 2.17. The van der Waals surface area contributed by atoms with Gasteiger partial charge in [-0.1, -0.05) is 0 Å². The maximum Gasteiger partial charge on any atom is 0.254 e. The van der Waals surface area contributed by atoms with Crippen LogP contribution in [0.1, 0.15) is 17.3 Å². The van der Waals surface area contributed by atoms with Crippen LogP contribution in [0.2, 0.25) is 0 Å². The van der Waals surface area contributed by atoms with Crippen molar-refractivity contribution in [3.8, 4) is 11.5 Å². The van der Waals surface area contributed by atoms with Crippen molar-refractivity contribution in [2.75, 3.05) is 19.1 Å². The quantitative estimate of drug-likeness (QED) is 0.807. The topological polar surface area (TPSA) is 60.8 Å². The van der Waals surface area contributed by atoms with E-state index in [2.05, 4.69) is 0 Å². The van der Waals surface area contributed by atoms with Gasteiger partial charge in [-0.25, -0.2) is 0 Å². The van der Waals surface area contributed by atoms with Gasteiger partial charge in [-0.05, 0) is 31.4 Å². The number of nitrogens with zero attached hydrogens (tertiary/aromatic N) is 1. The first-order chi connectivity index (χ1) is 7.97. The van der Waals surface area contributed by atoms with E-state index >= 15 is 0 Å². The Labute approximate surface area is 105 Å². The maximum absolute atomic E-state index is 12.0. The van der Waals surface area contributed by atoms with Gasteiger partial charge in [0.1, 0.15) is 0 Å². The fourth-order valence-electron chi connectivity index (χ4n) is 1.41. The molecule has 0 saturated carbocycles. The van der Waals surface area contributed by atoms with Gasteiger partial charge in [0, 0.05) is 24.4 Å². The number of phenols is 2. The summed E-state index contributed by atoms with van der Waals surface area (Å²) in [5, 5.41) is 18.5. The zero-order valence-electron chi connectivity index (χ0n) is 10.2. The first-order valence-corrected chi connectivity index (χ1v) is 6.64. The van der Waals surface area contributed by atoms with E-state index in [0.29, 0.717) is 5.56 Å². The molecule has 4 nitrogen and oxygen atoms in total. The monoisotopic (exact) mass is 255 g/mol. The number of aromatic hydroxyl groups is 2. The van der Waals surface area contributed by atoms with E-state index in [4.69, 9.17) is 0 Å². The van der Waals surface area contributed by atoms with Gasteiger partial charge in [0.15, 0.2) is 11.5 Å². The van der Waals surface area contributed by atoms with Crippen molar-refractivity contribution in [1.82, 2.24) is 4.90 Å². The average Bonchev–Trinajstić information content (AvgIpc) is 2.31. The summed E-state index contributed by atoms with van der Waals surface area (Å²) in [4.78, 5) is 13.7. The largest absolute Gasteiger partial charge is 0.504 e. The second kappa shape index (κ2) is 5.82. The van der Waals surface area contributed by atoms with Crippen molar-refractivity contribution in [3.63, 3.8) is 0 Å². The van der Waals surface area contributed by atoms with Crippen molar-refractivity contribution in [2.24, 2.45) is 0 Å². The number of hydrogen-bond acceptors (Lipinski definition) is 4. The second-order valence-corrected chi connectivity index (χ2v) is 4.83. The van der Waals surface area contributed by atoms with Crippen molar-refractivity contribution in [3.05, 3.63) is 23.8 Å². The molecular weight excluding hydrogens is 238 g/mol. The SMILES string of the molecule is CSCC(C)N(C)C(=O)c1ccc(O)c(O)c1. The molecule has 0 fully saturated rings. The lowest BCUT2D eigenvalue weighted by Crippen LogP contribution is -2.36. The summed E-state index contributed by atoms with van der Waals surface area (Å²) in [6, 6.07) is 4.21. The fourth-order valence-corrected chi connectivity index (χ4v) is 2.12. The van der Waals surface area contributed by atoms with E-state index in [9.17, 15) is 15.0 Å². The third-order valence-corrected chi connectivity index (χ3v) is 3.43. The van der Waals surface area contributed by atoms with Gasteiger partial charge >= 0.3 is 0 Å². The van der Waals surface area contributed by atoms with Crippen LogP contribution in [0.25, 0.3) is 0 Å². The van der Waals surface area contributed by atoms with Crippen molar-refractivity contribution in [1.29, 1.82) is 0 Å². The van der Waals surface area contributed by atoms with Gasteiger partial charge in [-0.15, -0.1) is 0 Å². The molecule has 0 spiro atoms. The molecule has 1 unspecified atom stereocenters. The molecule has 0 aromatic heterocycles. The highest BCUT2D eigenvalue weighted by Crippen LogP contribution is 2.25. The standard InChI is InChI=1S/C12H17NO3S/c1-8(7-17-3)13(2)12(16)9-4-5-10(14)11(15)6-9/h4-6,8,14-15H,7H2,1-3H3. The van der Waals surface area contributed by atoms with Crippen LogP contribution in [0.3, 0.4) is 0 Å². The maximum atomic E-state index is 12.0. The third kappa shape index (κ3) is 3.30. The lowest BCUT2D eigenvalue weighted by atomic mass is 10.1. The summed E-state index contributed by atoms with van der Waals surface area (Å²) in [5.74, 6) is 0.191. The minimum absolute atomic E-state index is 0.119. The molecule has 0 aliphatic rings. The molecule has 0 radical (unpaired) electrons. The number of benzene rings is 1. The predicted octanol–water partition coefficient (Wildman–Crippen LogP) is 1.92. The summed E-state index contributed by atoms with van der Waals surface area (Å²) in [7, 11) is 1.73. The lowest BCUT2D eigenvalue weighted by Gasteiger charge is -2.24. The smallest absolute Gasteiger partial charge is 0.254 e. The molecule has 0 saturated heterocycles. The molecule has 1 amide bonds. The minimum Gasteiger partial charge on any atom is -0.504 e. The second-order valence-electron chi connectivity index (χ2n) is 3.92. The summed E-state index contributed by atoms with van der Waals surface area (Å²) in [6.45, 7) is 1.97. The molecule has 1 atom stereocenters. The first-order valence-electron chi connectivity index (χ1n) is 5.25. The summed E-state index contributed by atoms with van der Waals surface area (Å²) < 4.78 is 0. The van der Waals surface area contributed by atoms with Gasteiger partial charge in [-0.2, -0.15) is 11.8 Å². The van der Waals surface area contributed by atoms with Gasteiger partial charge < -0.3 is 15.1 Å². The molecule has 0 aliphatic carbocycles. The molecule has 0 bridgehead atoms. The Morgan fingerprint density at radius 2 is 2.06 bits per heavy atom. The van der Waals surface area contributed by atoms with Crippen LogP contribution in [0.5, 0.6) is 11.5 Å². The number of carbonyl (C=O) groups is 1. The summed E-state index contributed by atoms with van der Waals surface area (Å²) in [5.41, 5.74) is 0.371. The number of amides is 1. The van der Waals surface area contributed by atoms with Crippen LogP contribution in [0.15, 0.2) is 18.2 Å². The third-order valence-electron chi connectivity index (χ3n) is 2.61. The fraction of sp³-hybridized carbons (Fsp3) is 0.417. The highest BCUT2D eigenvalue weighted by atomic mass is 32.2. The molecule has 94 valence electrons. The average molecular weight is 255 g/mol. The van der Waals surface area contributed by atoms with Gasteiger partial charge in [0.2, 0.25) is 0 Å². The van der Waals surface area contributed by atoms with Crippen LogP contribution in [0, 0.1) is 0 Å². The molecular formula is C12H17NO3S. The predicted molar refractivity (Wildman–Crippen MR) is 69.7 cm³/mol. The Hall–Kier alpha value is -1.36. The Kier molecular flexibility index (Phi) is 4.69. The number of hydrogen-bond donors (Lipinski definition) is 2. The normalized spacial score (nSPS) is 12.2. The Morgan fingerprint density at radius 3 is 2.59 bits per heavy atom. The molecule has 1 aromatic rings. The molecule has 1 aromatic carbocycles. The number of rotatable bonds is 4. The Bertz CT molecular complexity index is 409. The molecule has 5 heteroatoms. The van der Waals surface area contributed by atoms with E-state index < -0.39 is 0 Å². The van der Waals surface area contributed by atoms with E-state index in [1.54, 1.807) is 23.7 Å². The first kappa shape index (κ1) is 13.7. The summed E-state index contributed by atoms with van der Waals surface area (Å²) >= 11 is 1.67. The molecule has 0 aliphatic heterocycles. The van der Waals surface area contributed by atoms with Crippen molar-refractivity contribution < 1.29 is 15.0 Å². The van der Waals surface area contributed by atoms with E-state index in [0.717, 1.165) is 5.75 Å². The zero-order chi connectivity index (χ0) is 13.0. The molecule has 2 N–H and O–H groups in total. The van der Waals surface area contributed by atoms with Gasteiger partial charge in [0.05, 0.1) is 0 Å².